The molecule has 3 aliphatic rings. The van der Waals surface area contributed by atoms with Gasteiger partial charge in [0.05, 0.1) is 41.6 Å². The van der Waals surface area contributed by atoms with Crippen molar-refractivity contribution < 1.29 is 9.59 Å². The van der Waals surface area contributed by atoms with Crippen molar-refractivity contribution in [2.45, 2.75) is 70.4 Å². The van der Waals surface area contributed by atoms with E-state index in [1.807, 2.05) is 24.4 Å². The summed E-state index contributed by atoms with van der Waals surface area (Å²) in [5, 5.41) is 38.8. The van der Waals surface area contributed by atoms with Crippen LogP contribution in [0.3, 0.4) is 0 Å². The third-order valence-electron chi connectivity index (χ3n) is 11.3. The van der Waals surface area contributed by atoms with Crippen molar-refractivity contribution in [3.63, 3.8) is 0 Å². The van der Waals surface area contributed by atoms with Crippen LogP contribution in [0.5, 0.6) is 0 Å². The van der Waals surface area contributed by atoms with Gasteiger partial charge in [-0.05, 0) is 88.7 Å². The van der Waals surface area contributed by atoms with E-state index in [1.165, 1.54) is 12.6 Å². The lowest BCUT2D eigenvalue weighted by Gasteiger charge is -2.42. The first-order valence-electron chi connectivity index (χ1n) is 19.3. The first-order valence-corrected chi connectivity index (χ1v) is 19.3. The van der Waals surface area contributed by atoms with Gasteiger partial charge in [-0.15, -0.1) is 5.10 Å². The maximum atomic E-state index is 12.3. The lowest BCUT2D eigenvalue weighted by Crippen LogP contribution is -2.52. The molecule has 5 aromatic rings. The molecule has 286 valence electrons. The molecule has 1 aliphatic carbocycles. The lowest BCUT2D eigenvalue weighted by molar-refractivity contribution is -0.120. The highest BCUT2D eigenvalue weighted by Gasteiger charge is 2.29. The maximum Gasteiger partial charge on any atom is 0.328 e. The molecular formula is C40H44N14O2. The number of nitriles is 2. The van der Waals surface area contributed by atoms with Gasteiger partial charge in [-0.3, -0.25) is 19.9 Å². The average molecular weight is 753 g/mol. The molecule has 2 N–H and O–H groups in total. The molecular weight excluding hydrogens is 709 g/mol. The number of carbonyl (C=O) groups is 2. The molecule has 2 saturated heterocycles. The van der Waals surface area contributed by atoms with Gasteiger partial charge in [0.15, 0.2) is 11.5 Å². The standard InChI is InChI=1S/C40H44N14O2/c1-26(19-41)46-34-18-37(54-39-31(22-45-54)17-29(20-42)21-44-39)43-23-36(34)53-25-35(48-49-53)30-5-3-28(4-6-30)11-13-50-15-16-51(27(2)24-50)32-7-9-33(10-8-32)52-14-12-38(55)47-40(52)56/h7-10,17-18,21-23,25-28,30H,3-6,11-16,24H2,1-2H3,(H,43,46)(H,47,55,56)/t26-,27+,28?,30?/m1/s1. The van der Waals surface area contributed by atoms with Crippen LogP contribution in [0.2, 0.25) is 0 Å². The van der Waals surface area contributed by atoms with Crippen LogP contribution < -0.4 is 20.4 Å². The smallest absolute Gasteiger partial charge is 0.328 e. The van der Waals surface area contributed by atoms with Gasteiger partial charge in [-0.2, -0.15) is 20.3 Å². The van der Waals surface area contributed by atoms with Gasteiger partial charge in [0, 0.05) is 73.6 Å². The molecule has 16 heteroatoms. The Morgan fingerprint density at radius 1 is 0.982 bits per heavy atom. The third kappa shape index (κ3) is 7.61. The van der Waals surface area contributed by atoms with Crippen LogP contribution in [0, 0.1) is 28.6 Å². The Balaban J connectivity index is 0.847. The third-order valence-corrected chi connectivity index (χ3v) is 11.3. The van der Waals surface area contributed by atoms with E-state index in [-0.39, 0.29) is 11.9 Å². The maximum absolute atomic E-state index is 12.3. The van der Waals surface area contributed by atoms with Crippen molar-refractivity contribution in [1.82, 2.24) is 45.0 Å². The Hall–Kier alpha value is -6.39. The predicted molar refractivity (Wildman–Crippen MR) is 209 cm³/mol. The Kier molecular flexibility index (Phi) is 10.3. The number of imide groups is 1. The average Bonchev–Trinajstić information content (AvgIpc) is 3.88. The monoisotopic (exact) mass is 752 g/mol. The second-order valence-corrected chi connectivity index (χ2v) is 15.1. The molecule has 6 heterocycles. The zero-order chi connectivity index (χ0) is 38.8. The van der Waals surface area contributed by atoms with E-state index >= 15 is 0 Å². The first-order chi connectivity index (χ1) is 27.3. The molecule has 2 aliphatic heterocycles. The number of amides is 3. The van der Waals surface area contributed by atoms with Crippen LogP contribution in [0.1, 0.15) is 69.5 Å². The summed E-state index contributed by atoms with van der Waals surface area (Å²) in [6, 6.07) is 15.5. The minimum atomic E-state index is -0.468. The SMILES string of the molecule is C[C@H](C#N)Nc1cc(-n2ncc3cc(C#N)cnc32)ncc1-n1cc(C2CCC(CCN3CCN(c4ccc(N5CCC(=O)NC5=O)cc4)[C@@H](C)C3)CC2)nn1. The molecule has 1 aromatic carbocycles. The van der Waals surface area contributed by atoms with Crippen molar-refractivity contribution in [2.75, 3.05) is 47.8 Å². The Morgan fingerprint density at radius 2 is 1.79 bits per heavy atom. The highest BCUT2D eigenvalue weighted by atomic mass is 16.2. The fraction of sp³-hybridized carbons (Fsp3) is 0.425. The number of nitrogens with one attached hydrogen (secondary N) is 2. The quantitative estimate of drug-likeness (QED) is 0.196. The summed E-state index contributed by atoms with van der Waals surface area (Å²) in [6.07, 6.45) is 12.8. The minimum Gasteiger partial charge on any atom is -0.368 e. The number of fused-ring (bicyclic) bond motifs is 1. The molecule has 0 spiro atoms. The Bertz CT molecular complexity index is 2310. The zero-order valence-electron chi connectivity index (χ0n) is 31.5. The number of urea groups is 1. The van der Waals surface area contributed by atoms with E-state index in [4.69, 9.17) is 0 Å². The number of nitrogens with zero attached hydrogens (tertiary/aromatic N) is 12. The number of pyridine rings is 2. The molecule has 8 rings (SSSR count). The summed E-state index contributed by atoms with van der Waals surface area (Å²) >= 11 is 0. The van der Waals surface area contributed by atoms with Crippen LogP contribution in [0.25, 0.3) is 22.5 Å². The van der Waals surface area contributed by atoms with Gasteiger partial charge < -0.3 is 10.2 Å². The van der Waals surface area contributed by atoms with E-state index < -0.39 is 6.04 Å². The fourth-order valence-corrected chi connectivity index (χ4v) is 8.21. The number of aromatic nitrogens is 7. The van der Waals surface area contributed by atoms with E-state index in [9.17, 15) is 20.1 Å². The molecule has 2 atom stereocenters. The van der Waals surface area contributed by atoms with Crippen molar-refractivity contribution in [3.8, 4) is 23.6 Å². The van der Waals surface area contributed by atoms with Crippen molar-refractivity contribution >= 4 is 40.0 Å². The van der Waals surface area contributed by atoms with E-state index in [0.717, 1.165) is 74.3 Å². The molecule has 1 saturated carbocycles. The van der Waals surface area contributed by atoms with E-state index in [1.54, 1.807) is 39.6 Å². The van der Waals surface area contributed by atoms with E-state index in [0.29, 0.717) is 59.2 Å². The summed E-state index contributed by atoms with van der Waals surface area (Å²) in [4.78, 5) is 39.5. The number of hydrogen-bond acceptors (Lipinski definition) is 12. The number of benzene rings is 1. The van der Waals surface area contributed by atoms with Crippen LogP contribution in [-0.2, 0) is 4.79 Å². The molecule has 4 aromatic heterocycles. The second kappa shape index (κ2) is 15.8. The molecule has 16 nitrogen and oxygen atoms in total. The molecule has 3 fully saturated rings. The Labute approximate surface area is 324 Å². The van der Waals surface area contributed by atoms with Crippen molar-refractivity contribution in [2.24, 2.45) is 5.92 Å². The first kappa shape index (κ1) is 36.6. The van der Waals surface area contributed by atoms with Crippen LogP contribution in [-0.4, -0.2) is 96.4 Å². The molecule has 0 radical (unpaired) electrons. The highest BCUT2D eigenvalue weighted by Crippen LogP contribution is 2.37. The lowest BCUT2D eigenvalue weighted by atomic mass is 9.79. The number of piperazine rings is 1. The number of carbonyl (C=O) groups excluding carboxylic acids is 2. The van der Waals surface area contributed by atoms with Crippen molar-refractivity contribution in [1.29, 1.82) is 10.5 Å². The van der Waals surface area contributed by atoms with Gasteiger partial charge in [0.2, 0.25) is 5.91 Å². The zero-order valence-corrected chi connectivity index (χ0v) is 31.5. The van der Waals surface area contributed by atoms with Gasteiger partial charge in [0.25, 0.3) is 0 Å². The second-order valence-electron chi connectivity index (χ2n) is 15.1. The molecule has 0 unspecified atom stereocenters. The van der Waals surface area contributed by atoms with Crippen LogP contribution in [0.4, 0.5) is 21.9 Å². The summed E-state index contributed by atoms with van der Waals surface area (Å²) in [6.45, 7) is 8.54. The fourth-order valence-electron chi connectivity index (χ4n) is 8.21. The summed E-state index contributed by atoms with van der Waals surface area (Å²) in [7, 11) is 0. The summed E-state index contributed by atoms with van der Waals surface area (Å²) < 4.78 is 3.34. The molecule has 0 bridgehead atoms. The normalized spacial score (nSPS) is 21.0. The van der Waals surface area contributed by atoms with Gasteiger partial charge >= 0.3 is 6.03 Å². The summed E-state index contributed by atoms with van der Waals surface area (Å²) in [5.41, 5.74) is 5.29. The van der Waals surface area contributed by atoms with Crippen LogP contribution in [0.15, 0.2) is 61.2 Å². The molecule has 56 heavy (non-hydrogen) atoms. The largest absolute Gasteiger partial charge is 0.368 e. The summed E-state index contributed by atoms with van der Waals surface area (Å²) in [5.74, 6) is 1.31. The van der Waals surface area contributed by atoms with Gasteiger partial charge in [-0.1, -0.05) is 5.21 Å². The number of anilines is 3. The van der Waals surface area contributed by atoms with Crippen LogP contribution >= 0.6 is 0 Å². The topological polar surface area (TPSA) is 190 Å². The van der Waals surface area contributed by atoms with Crippen molar-refractivity contribution in [3.05, 3.63) is 72.4 Å². The minimum absolute atomic E-state index is 0.226. The number of rotatable bonds is 10. The van der Waals surface area contributed by atoms with Gasteiger partial charge in [0.1, 0.15) is 17.8 Å². The van der Waals surface area contributed by atoms with E-state index in [2.05, 4.69) is 77.0 Å². The number of hydrogen-bond donors (Lipinski definition) is 2. The predicted octanol–water partition coefficient (Wildman–Crippen LogP) is 4.91. The highest BCUT2D eigenvalue weighted by molar-refractivity contribution is 6.05. The Morgan fingerprint density at radius 3 is 2.54 bits per heavy atom. The van der Waals surface area contributed by atoms with Gasteiger partial charge in [-0.25, -0.2) is 19.4 Å². The molecule has 3 amide bonds.